The number of furan rings is 1. The van der Waals surface area contributed by atoms with Gasteiger partial charge < -0.3 is 8.94 Å². The summed E-state index contributed by atoms with van der Waals surface area (Å²) in [5.41, 5.74) is 0.140. The van der Waals surface area contributed by atoms with Crippen LogP contribution < -0.4 is 0 Å². The summed E-state index contributed by atoms with van der Waals surface area (Å²) in [5.74, 6) is 0.974. The summed E-state index contributed by atoms with van der Waals surface area (Å²) in [6.07, 6.45) is 3.13. The molecule has 2 aromatic heterocycles. The van der Waals surface area contributed by atoms with E-state index in [1.54, 1.807) is 18.4 Å². The normalized spacial score (nSPS) is 10.0. The van der Waals surface area contributed by atoms with E-state index in [9.17, 15) is 4.79 Å². The van der Waals surface area contributed by atoms with Crippen LogP contribution in [0.4, 0.5) is 0 Å². The highest BCUT2D eigenvalue weighted by Gasteiger charge is 2.07. The van der Waals surface area contributed by atoms with Gasteiger partial charge in [-0.25, -0.2) is 0 Å². The molecule has 0 atom stereocenters. The highest BCUT2D eigenvalue weighted by Crippen LogP contribution is 2.19. The van der Waals surface area contributed by atoms with Crippen molar-refractivity contribution in [2.24, 2.45) is 0 Å². The zero-order valence-corrected chi connectivity index (χ0v) is 5.98. The summed E-state index contributed by atoms with van der Waals surface area (Å²) in [4.78, 5) is 10.1. The van der Waals surface area contributed by atoms with Gasteiger partial charge in [-0.1, -0.05) is 5.16 Å². The van der Waals surface area contributed by atoms with Crippen LogP contribution in [0.2, 0.25) is 0 Å². The molecule has 0 amide bonds. The molecular weight excluding hydrogens is 158 g/mol. The van der Waals surface area contributed by atoms with Crippen LogP contribution in [-0.2, 0) is 4.79 Å². The number of carbonyl (C=O) groups excluding carboxylic acids is 1. The van der Waals surface area contributed by atoms with Gasteiger partial charge in [0.05, 0.1) is 6.26 Å². The number of hydrogen-bond donors (Lipinski definition) is 0. The minimum absolute atomic E-state index is 0.140. The lowest BCUT2D eigenvalue weighted by molar-refractivity contribution is 0.415. The lowest BCUT2D eigenvalue weighted by atomic mass is 10.3. The van der Waals surface area contributed by atoms with Crippen molar-refractivity contribution >= 4 is 6.29 Å². The molecular formula is C8H4NO3. The van der Waals surface area contributed by atoms with E-state index >= 15 is 0 Å². The average Bonchev–Trinajstić information content (AvgIpc) is 2.75. The summed E-state index contributed by atoms with van der Waals surface area (Å²) in [7, 11) is 0. The van der Waals surface area contributed by atoms with Gasteiger partial charge in [0.15, 0.2) is 11.5 Å². The fraction of sp³-hybridized carbons (Fsp3) is 0. The topological polar surface area (TPSA) is 56.2 Å². The van der Waals surface area contributed by atoms with Crippen LogP contribution in [0, 0.1) is 0 Å². The molecule has 0 aliphatic carbocycles. The number of aromatic nitrogens is 1. The Hall–Kier alpha value is -1.84. The molecule has 59 valence electrons. The summed E-state index contributed by atoms with van der Waals surface area (Å²) in [6.45, 7) is 0. The molecule has 1 radical (unpaired) electrons. The molecule has 0 saturated carbocycles. The van der Waals surface area contributed by atoms with E-state index in [-0.39, 0.29) is 5.69 Å². The third-order valence-corrected chi connectivity index (χ3v) is 1.38. The van der Waals surface area contributed by atoms with Crippen LogP contribution in [-0.4, -0.2) is 11.4 Å². The number of rotatable bonds is 2. The lowest BCUT2D eigenvalue weighted by Gasteiger charge is -1.82. The summed E-state index contributed by atoms with van der Waals surface area (Å²) < 4.78 is 9.81. The molecule has 0 unspecified atom stereocenters. The SMILES string of the molecule is O=[C]c1cc(-c2ccco2)on1. The molecule has 2 rings (SSSR count). The first-order valence-electron chi connectivity index (χ1n) is 3.29. The molecule has 0 aliphatic rings. The Morgan fingerprint density at radius 3 is 2.92 bits per heavy atom. The van der Waals surface area contributed by atoms with E-state index < -0.39 is 0 Å². The van der Waals surface area contributed by atoms with Gasteiger partial charge in [0.2, 0.25) is 5.76 Å². The molecule has 2 aromatic rings. The molecule has 12 heavy (non-hydrogen) atoms. The van der Waals surface area contributed by atoms with E-state index in [1.165, 1.54) is 12.3 Å². The highest BCUT2D eigenvalue weighted by atomic mass is 16.5. The van der Waals surface area contributed by atoms with Crippen molar-refractivity contribution in [1.82, 2.24) is 5.16 Å². The lowest BCUT2D eigenvalue weighted by Crippen LogP contribution is -1.73. The fourth-order valence-electron chi connectivity index (χ4n) is 0.858. The van der Waals surface area contributed by atoms with E-state index in [0.717, 1.165) is 0 Å². The smallest absolute Gasteiger partial charge is 0.257 e. The summed E-state index contributed by atoms with van der Waals surface area (Å²) in [5, 5.41) is 3.43. The number of hydrogen-bond acceptors (Lipinski definition) is 4. The molecule has 0 aliphatic heterocycles. The summed E-state index contributed by atoms with van der Waals surface area (Å²) in [6, 6.07) is 4.91. The maximum Gasteiger partial charge on any atom is 0.257 e. The Bertz CT molecular complexity index is 375. The molecule has 4 nitrogen and oxygen atoms in total. The van der Waals surface area contributed by atoms with Crippen molar-refractivity contribution in [3.8, 4) is 11.5 Å². The van der Waals surface area contributed by atoms with Gasteiger partial charge in [-0.05, 0) is 12.1 Å². The largest absolute Gasteiger partial charge is 0.461 e. The van der Waals surface area contributed by atoms with E-state index in [2.05, 4.69) is 5.16 Å². The Balaban J connectivity index is 2.41. The second-order valence-corrected chi connectivity index (χ2v) is 2.16. The van der Waals surface area contributed by atoms with Crippen LogP contribution in [0.15, 0.2) is 33.4 Å². The van der Waals surface area contributed by atoms with Crippen molar-refractivity contribution < 1.29 is 13.7 Å². The zero-order valence-electron chi connectivity index (χ0n) is 5.98. The first-order chi connectivity index (χ1) is 5.90. The average molecular weight is 162 g/mol. The van der Waals surface area contributed by atoms with Crippen molar-refractivity contribution in [2.75, 3.05) is 0 Å². The second-order valence-electron chi connectivity index (χ2n) is 2.16. The third-order valence-electron chi connectivity index (χ3n) is 1.38. The van der Waals surface area contributed by atoms with Crippen molar-refractivity contribution in [2.45, 2.75) is 0 Å². The maximum absolute atomic E-state index is 10.1. The molecule has 0 N–H and O–H groups in total. The van der Waals surface area contributed by atoms with Crippen LogP contribution in [0.25, 0.3) is 11.5 Å². The zero-order chi connectivity index (χ0) is 8.39. The van der Waals surface area contributed by atoms with E-state index in [4.69, 9.17) is 8.94 Å². The standard InChI is InChI=1S/C8H4NO3/c10-5-6-4-8(12-9-6)7-2-1-3-11-7/h1-4H. The van der Waals surface area contributed by atoms with E-state index in [0.29, 0.717) is 11.5 Å². The predicted molar refractivity (Wildman–Crippen MR) is 39.0 cm³/mol. The Morgan fingerprint density at radius 1 is 1.42 bits per heavy atom. The Labute approximate surface area is 67.8 Å². The van der Waals surface area contributed by atoms with Crippen molar-refractivity contribution in [1.29, 1.82) is 0 Å². The molecule has 0 fully saturated rings. The van der Waals surface area contributed by atoms with Gasteiger partial charge in [0, 0.05) is 6.07 Å². The van der Waals surface area contributed by atoms with Crippen molar-refractivity contribution in [3.05, 3.63) is 30.2 Å². The van der Waals surface area contributed by atoms with Crippen LogP contribution >= 0.6 is 0 Å². The fourth-order valence-corrected chi connectivity index (χ4v) is 0.858. The first-order valence-corrected chi connectivity index (χ1v) is 3.29. The Kier molecular flexibility index (Phi) is 1.51. The van der Waals surface area contributed by atoms with Gasteiger partial charge >= 0.3 is 0 Å². The second kappa shape index (κ2) is 2.65. The van der Waals surface area contributed by atoms with E-state index in [1.807, 2.05) is 0 Å². The Morgan fingerprint density at radius 2 is 2.33 bits per heavy atom. The van der Waals surface area contributed by atoms with Crippen LogP contribution in [0.3, 0.4) is 0 Å². The van der Waals surface area contributed by atoms with Gasteiger partial charge in [0.25, 0.3) is 6.29 Å². The maximum atomic E-state index is 10.1. The molecule has 4 heteroatoms. The van der Waals surface area contributed by atoms with Crippen molar-refractivity contribution in [3.63, 3.8) is 0 Å². The highest BCUT2D eigenvalue weighted by molar-refractivity contribution is 5.74. The molecule has 0 saturated heterocycles. The minimum Gasteiger partial charge on any atom is -0.461 e. The number of nitrogens with zero attached hydrogens (tertiary/aromatic N) is 1. The van der Waals surface area contributed by atoms with Gasteiger partial charge in [-0.3, -0.25) is 4.79 Å². The molecule has 0 aromatic carbocycles. The third kappa shape index (κ3) is 1.03. The van der Waals surface area contributed by atoms with Crippen LogP contribution in [0.5, 0.6) is 0 Å². The summed E-state index contributed by atoms with van der Waals surface area (Å²) >= 11 is 0. The molecule has 0 bridgehead atoms. The monoisotopic (exact) mass is 162 g/mol. The molecule has 0 spiro atoms. The quantitative estimate of drug-likeness (QED) is 0.669. The first kappa shape index (κ1) is 6.84. The predicted octanol–water partition coefficient (Wildman–Crippen LogP) is 1.39. The van der Waals surface area contributed by atoms with Crippen LogP contribution in [0.1, 0.15) is 5.69 Å². The van der Waals surface area contributed by atoms with Gasteiger partial charge in [-0.2, -0.15) is 0 Å². The van der Waals surface area contributed by atoms with Gasteiger partial charge in [0.1, 0.15) is 0 Å². The van der Waals surface area contributed by atoms with Gasteiger partial charge in [-0.15, -0.1) is 0 Å². The minimum atomic E-state index is 0.140. The molecule has 2 heterocycles.